The van der Waals surface area contributed by atoms with Crippen LogP contribution in [0.3, 0.4) is 0 Å². The third-order valence-electron chi connectivity index (χ3n) is 0.492. The van der Waals surface area contributed by atoms with Crippen molar-refractivity contribution in [3.05, 3.63) is 0 Å². The first-order chi connectivity index (χ1) is 2.91. The molecule has 0 aliphatic carbocycles. The van der Waals surface area contributed by atoms with Gasteiger partial charge in [-0.3, -0.25) is 0 Å². The van der Waals surface area contributed by atoms with Crippen LogP contribution in [0, 0.1) is 0 Å². The van der Waals surface area contributed by atoms with Gasteiger partial charge in [0.1, 0.15) is 0 Å². The van der Waals surface area contributed by atoms with E-state index in [9.17, 15) is 0 Å². The van der Waals surface area contributed by atoms with E-state index < -0.39 is 0 Å². The Morgan fingerprint density at radius 1 is 1.67 bits per heavy atom. The van der Waals surface area contributed by atoms with Gasteiger partial charge in [0.25, 0.3) is 0 Å². The topological polar surface area (TPSA) is 18.5 Å². The fourth-order valence-electron chi connectivity index (χ4n) is 0.167. The second-order valence-corrected chi connectivity index (χ2v) is 1.56. The van der Waals surface area contributed by atoms with E-state index in [0.717, 1.165) is 29.8 Å². The number of ether oxygens (including phenoxy) is 1. The number of methoxy groups -OCH3 is 1. The van der Waals surface area contributed by atoms with E-state index in [4.69, 9.17) is 3.79 Å². The Bertz CT molecular complexity index is 24.9. The molecule has 0 rings (SSSR count). The smallest absolute Gasteiger partial charge is 0.410 e. The molecule has 0 bridgehead atoms. The Kier molecular flexibility index (Phi) is 5.86. The third kappa shape index (κ3) is 4.45. The van der Waals surface area contributed by atoms with Gasteiger partial charge in [-0.25, -0.2) is 0 Å². The molecule has 0 aromatic heterocycles. The minimum Gasteiger partial charge on any atom is -0.504 e. The zero-order chi connectivity index (χ0) is 4.83. The first kappa shape index (κ1) is 6.45. The van der Waals surface area contributed by atoms with Crippen molar-refractivity contribution in [2.45, 2.75) is 0 Å². The summed E-state index contributed by atoms with van der Waals surface area (Å²) in [5.74, 6) is 0. The lowest BCUT2D eigenvalue weighted by molar-refractivity contribution is 0.152. The van der Waals surface area contributed by atoms with Crippen LogP contribution < -0.4 is 0 Å². The molecular weight excluding hydrogens is 95.0 g/mol. The van der Waals surface area contributed by atoms with Crippen molar-refractivity contribution in [2.24, 2.45) is 0 Å². The summed E-state index contributed by atoms with van der Waals surface area (Å²) < 4.78 is 9.48. The predicted octanol–water partition coefficient (Wildman–Crippen LogP) is -0.556. The highest BCUT2D eigenvalue weighted by Crippen LogP contribution is 1.64. The van der Waals surface area contributed by atoms with Crippen molar-refractivity contribution in [1.29, 1.82) is 0 Å². The molecule has 3 heteroatoms. The fourth-order valence-corrected chi connectivity index (χ4v) is 0.333. The molecule has 2 nitrogen and oxygen atoms in total. The second kappa shape index (κ2) is 5.45. The SMILES string of the molecule is COCC[O][AlH2].[HH]. The van der Waals surface area contributed by atoms with Crippen molar-refractivity contribution in [3.63, 3.8) is 0 Å². The monoisotopic (exact) mass is 106 g/mol. The van der Waals surface area contributed by atoms with Crippen LogP contribution in [0.4, 0.5) is 0 Å². The summed E-state index contributed by atoms with van der Waals surface area (Å²) in [5.41, 5.74) is 0. The summed E-state index contributed by atoms with van der Waals surface area (Å²) in [7, 11) is 1.67. The van der Waals surface area contributed by atoms with E-state index in [1.807, 2.05) is 0 Å². The molecular formula is C3H11AlO2. The van der Waals surface area contributed by atoms with Gasteiger partial charge in [0, 0.05) is 15.1 Å². The molecule has 0 saturated carbocycles. The summed E-state index contributed by atoms with van der Waals surface area (Å²) in [6, 6.07) is 0. The lowest BCUT2D eigenvalue weighted by Crippen LogP contribution is -1.97. The van der Waals surface area contributed by atoms with Gasteiger partial charge >= 0.3 is 16.6 Å². The quantitative estimate of drug-likeness (QED) is 0.355. The first-order valence-electron chi connectivity index (χ1n) is 1.89. The summed E-state index contributed by atoms with van der Waals surface area (Å²) in [5, 5.41) is 0. The maximum Gasteiger partial charge on any atom is 0.410 e. The largest absolute Gasteiger partial charge is 0.504 e. The van der Waals surface area contributed by atoms with Crippen LogP contribution in [0.5, 0.6) is 0 Å². The van der Waals surface area contributed by atoms with E-state index in [2.05, 4.69) is 4.74 Å². The Labute approximate surface area is 47.7 Å². The van der Waals surface area contributed by atoms with Gasteiger partial charge in [0.05, 0.1) is 6.61 Å². The van der Waals surface area contributed by atoms with Crippen LogP contribution in [0.25, 0.3) is 0 Å². The van der Waals surface area contributed by atoms with E-state index in [-0.39, 0.29) is 1.43 Å². The van der Waals surface area contributed by atoms with Gasteiger partial charge in [0.2, 0.25) is 0 Å². The average Bonchev–Trinajstić information content (AvgIpc) is 1.61. The van der Waals surface area contributed by atoms with Crippen LogP contribution >= 0.6 is 0 Å². The van der Waals surface area contributed by atoms with Crippen LogP contribution in [0.2, 0.25) is 0 Å². The van der Waals surface area contributed by atoms with Crippen LogP contribution in [0.15, 0.2) is 0 Å². The maximum absolute atomic E-state index is 4.80. The van der Waals surface area contributed by atoms with Crippen molar-refractivity contribution >= 4 is 16.6 Å². The lowest BCUT2D eigenvalue weighted by atomic mass is 10.8. The van der Waals surface area contributed by atoms with Crippen LogP contribution in [0.1, 0.15) is 1.43 Å². The summed E-state index contributed by atoms with van der Waals surface area (Å²) in [6.45, 7) is 1.48. The van der Waals surface area contributed by atoms with Crippen molar-refractivity contribution < 1.29 is 9.95 Å². The molecule has 0 fully saturated rings. The minimum atomic E-state index is 0. The maximum atomic E-state index is 4.80. The third-order valence-corrected chi connectivity index (χ3v) is 0.900. The molecule has 6 heavy (non-hydrogen) atoms. The van der Waals surface area contributed by atoms with Gasteiger partial charge < -0.3 is 8.53 Å². The second-order valence-electron chi connectivity index (χ2n) is 0.986. The molecule has 0 unspecified atom stereocenters. The van der Waals surface area contributed by atoms with Crippen LogP contribution in [-0.2, 0) is 8.53 Å². The molecule has 0 spiro atoms. The van der Waals surface area contributed by atoms with Crippen molar-refractivity contribution in [2.75, 3.05) is 20.3 Å². The van der Waals surface area contributed by atoms with Gasteiger partial charge in [-0.2, -0.15) is 0 Å². The molecule has 0 aliphatic rings. The van der Waals surface area contributed by atoms with Gasteiger partial charge in [-0.15, -0.1) is 0 Å². The number of hydrogen-bond donors (Lipinski definition) is 0. The Morgan fingerprint density at radius 3 is 2.50 bits per heavy atom. The van der Waals surface area contributed by atoms with Gasteiger partial charge in [-0.05, 0) is 0 Å². The van der Waals surface area contributed by atoms with E-state index in [1.165, 1.54) is 0 Å². The summed E-state index contributed by atoms with van der Waals surface area (Å²) >= 11 is 0.823. The Morgan fingerprint density at radius 2 is 2.33 bits per heavy atom. The van der Waals surface area contributed by atoms with Gasteiger partial charge in [-0.1, -0.05) is 0 Å². The van der Waals surface area contributed by atoms with Crippen LogP contribution in [-0.4, -0.2) is 36.9 Å². The zero-order valence-corrected chi connectivity index (χ0v) is 6.23. The fraction of sp³-hybridized carbons (Fsp3) is 1.00. The first-order valence-corrected chi connectivity index (χ1v) is 2.71. The molecule has 0 saturated heterocycles. The molecule has 0 radical (unpaired) electrons. The molecule has 0 N–H and O–H groups in total. The normalized spacial score (nSPS) is 8.83. The molecule has 0 amide bonds. The molecule has 0 heterocycles. The van der Waals surface area contributed by atoms with E-state index >= 15 is 0 Å². The highest BCUT2D eigenvalue weighted by atomic mass is 27.1. The van der Waals surface area contributed by atoms with E-state index in [1.54, 1.807) is 7.11 Å². The van der Waals surface area contributed by atoms with Crippen molar-refractivity contribution in [1.82, 2.24) is 0 Å². The predicted molar refractivity (Wildman–Crippen MR) is 28.5 cm³/mol. The minimum absolute atomic E-state index is 0. The number of rotatable bonds is 3. The van der Waals surface area contributed by atoms with E-state index in [0.29, 0.717) is 0 Å². The zero-order valence-electron chi connectivity index (χ0n) is 4.23. The average molecular weight is 106 g/mol. The number of hydrogen-bond acceptors (Lipinski definition) is 2. The summed E-state index contributed by atoms with van der Waals surface area (Å²) in [4.78, 5) is 0. The highest BCUT2D eigenvalue weighted by Gasteiger charge is 1.73. The van der Waals surface area contributed by atoms with Crippen molar-refractivity contribution in [3.8, 4) is 0 Å². The molecule has 0 aromatic carbocycles. The molecule has 0 atom stereocenters. The molecule has 38 valence electrons. The molecule has 0 aromatic rings. The highest BCUT2D eigenvalue weighted by molar-refractivity contribution is 5.97. The lowest BCUT2D eigenvalue weighted by Gasteiger charge is -1.93. The summed E-state index contributed by atoms with van der Waals surface area (Å²) in [6.07, 6.45) is 0. The molecule has 0 aliphatic heterocycles. The standard InChI is InChI=1S/C3H7O2.Al.H2.2H/c1-5-3-2-4;;;;/h2-3H2,1H3;;1H;;/q-1;+1;;;. The van der Waals surface area contributed by atoms with Gasteiger partial charge in [0.15, 0.2) is 0 Å². The Balaban J connectivity index is 0. The Hall–Kier alpha value is 0.452.